The smallest absolute Gasteiger partial charge is 0.326 e. The van der Waals surface area contributed by atoms with Gasteiger partial charge in [-0.2, -0.15) is 9.30 Å². The molecule has 5 rings (SSSR count). The Morgan fingerprint density at radius 2 is 1.77 bits per heavy atom. The van der Waals surface area contributed by atoms with Crippen LogP contribution >= 0.6 is 22.9 Å². The van der Waals surface area contributed by atoms with Crippen molar-refractivity contribution < 1.29 is 22.7 Å². The van der Waals surface area contributed by atoms with Gasteiger partial charge in [0.1, 0.15) is 6.54 Å². The Morgan fingerprint density at radius 3 is 2.49 bits per heavy atom. The molecule has 39 heavy (non-hydrogen) atoms. The standard InChI is InChI=1S/C28H26ClN3O5S2/c1-3-37-25(33)17-32-26-18(2)23(29)12-13-24(26)38-28(32)30-27(34)20-8-10-22(11-9-20)39(35,36)31-15-14-19-6-4-5-7-21(19)16-31/h4-13H,3,14-17H2,1-2H3. The van der Waals surface area contributed by atoms with Crippen molar-refractivity contribution >= 4 is 55.1 Å². The number of esters is 1. The number of aryl methyl sites for hydroxylation is 1. The zero-order chi connectivity index (χ0) is 27.7. The van der Waals surface area contributed by atoms with Gasteiger partial charge in [-0.25, -0.2) is 8.42 Å². The minimum absolute atomic E-state index is 0.114. The molecule has 1 aliphatic heterocycles. The Kier molecular flexibility index (Phi) is 7.73. The summed E-state index contributed by atoms with van der Waals surface area (Å²) in [6.45, 7) is 4.36. The Balaban J connectivity index is 1.45. The molecule has 0 saturated carbocycles. The van der Waals surface area contributed by atoms with Crippen LogP contribution in [0.2, 0.25) is 5.02 Å². The van der Waals surface area contributed by atoms with Gasteiger partial charge in [0.2, 0.25) is 10.0 Å². The predicted molar refractivity (Wildman–Crippen MR) is 150 cm³/mol. The maximum Gasteiger partial charge on any atom is 0.326 e. The SMILES string of the molecule is CCOC(=O)Cn1c(=NC(=O)c2ccc(S(=O)(=O)N3CCc4ccccc4C3)cc2)sc2ccc(Cl)c(C)c21. The van der Waals surface area contributed by atoms with Gasteiger partial charge in [0.05, 0.1) is 21.7 Å². The summed E-state index contributed by atoms with van der Waals surface area (Å²) in [6.07, 6.45) is 0.649. The molecule has 11 heteroatoms. The number of amides is 1. The fourth-order valence-electron chi connectivity index (χ4n) is 4.63. The summed E-state index contributed by atoms with van der Waals surface area (Å²) in [6, 6.07) is 17.2. The number of sulfonamides is 1. The first kappa shape index (κ1) is 27.3. The Bertz CT molecular complexity index is 1760. The molecule has 0 atom stereocenters. The van der Waals surface area contributed by atoms with Crippen molar-refractivity contribution in [3.63, 3.8) is 0 Å². The largest absolute Gasteiger partial charge is 0.465 e. The van der Waals surface area contributed by atoms with Crippen LogP contribution in [0.15, 0.2) is 70.6 Å². The molecular formula is C28H26ClN3O5S2. The Labute approximate surface area is 235 Å². The van der Waals surface area contributed by atoms with E-state index in [-0.39, 0.29) is 23.6 Å². The minimum Gasteiger partial charge on any atom is -0.465 e. The van der Waals surface area contributed by atoms with Crippen LogP contribution in [0.1, 0.15) is 34.0 Å². The summed E-state index contributed by atoms with van der Waals surface area (Å²) in [5.41, 5.74) is 3.85. The topological polar surface area (TPSA) is 98.0 Å². The number of benzene rings is 3. The monoisotopic (exact) mass is 583 g/mol. The molecule has 3 aromatic carbocycles. The second-order valence-electron chi connectivity index (χ2n) is 9.09. The molecular weight excluding hydrogens is 558 g/mol. The molecule has 0 bridgehead atoms. The van der Waals surface area contributed by atoms with Gasteiger partial charge in [-0.1, -0.05) is 47.2 Å². The summed E-state index contributed by atoms with van der Waals surface area (Å²) in [4.78, 5) is 30.2. The molecule has 0 aliphatic carbocycles. The first-order valence-corrected chi connectivity index (χ1v) is 15.0. The molecule has 8 nitrogen and oxygen atoms in total. The van der Waals surface area contributed by atoms with E-state index in [1.54, 1.807) is 17.6 Å². The van der Waals surface area contributed by atoms with E-state index in [0.29, 0.717) is 34.9 Å². The van der Waals surface area contributed by atoms with Crippen molar-refractivity contribution in [1.82, 2.24) is 8.87 Å². The normalized spacial score (nSPS) is 14.4. The second kappa shape index (κ2) is 11.1. The molecule has 0 fully saturated rings. The third-order valence-corrected chi connectivity index (χ3v) is 9.97. The fraction of sp³-hybridized carbons (Fsp3) is 0.250. The van der Waals surface area contributed by atoms with Crippen molar-refractivity contribution in [2.24, 2.45) is 4.99 Å². The number of hydrogen-bond donors (Lipinski definition) is 0. The van der Waals surface area contributed by atoms with Crippen LogP contribution in [0, 0.1) is 6.92 Å². The van der Waals surface area contributed by atoms with Crippen LogP contribution in [-0.4, -0.2) is 42.3 Å². The second-order valence-corrected chi connectivity index (χ2v) is 12.4. The summed E-state index contributed by atoms with van der Waals surface area (Å²) >= 11 is 7.58. The highest BCUT2D eigenvalue weighted by Crippen LogP contribution is 2.28. The van der Waals surface area contributed by atoms with Crippen LogP contribution in [0.25, 0.3) is 10.2 Å². The van der Waals surface area contributed by atoms with Gasteiger partial charge in [0.15, 0.2) is 4.80 Å². The van der Waals surface area contributed by atoms with Gasteiger partial charge in [-0.15, -0.1) is 0 Å². The lowest BCUT2D eigenvalue weighted by molar-refractivity contribution is -0.143. The molecule has 2 heterocycles. The average molecular weight is 584 g/mol. The summed E-state index contributed by atoms with van der Waals surface area (Å²) in [5.74, 6) is -1.01. The maximum atomic E-state index is 13.3. The number of thiazole rings is 1. The van der Waals surface area contributed by atoms with E-state index in [2.05, 4.69) is 4.99 Å². The molecule has 202 valence electrons. The molecule has 0 unspecified atom stereocenters. The number of fused-ring (bicyclic) bond motifs is 2. The highest BCUT2D eigenvalue weighted by atomic mass is 35.5. The summed E-state index contributed by atoms with van der Waals surface area (Å²) in [7, 11) is -3.73. The predicted octanol–water partition coefficient (Wildman–Crippen LogP) is 4.72. The average Bonchev–Trinajstić information content (AvgIpc) is 3.27. The minimum atomic E-state index is -3.73. The molecule has 0 N–H and O–H groups in total. The van der Waals surface area contributed by atoms with Crippen LogP contribution in [0.5, 0.6) is 0 Å². The molecule has 0 spiro atoms. The molecule has 1 aliphatic rings. The number of aromatic nitrogens is 1. The van der Waals surface area contributed by atoms with E-state index in [9.17, 15) is 18.0 Å². The van der Waals surface area contributed by atoms with Crippen molar-refractivity contribution in [3.05, 3.63) is 92.7 Å². The van der Waals surface area contributed by atoms with Gasteiger partial charge < -0.3 is 9.30 Å². The molecule has 4 aromatic rings. The van der Waals surface area contributed by atoms with Crippen molar-refractivity contribution in [2.75, 3.05) is 13.2 Å². The number of ether oxygens (including phenoxy) is 1. The lowest BCUT2D eigenvalue weighted by atomic mass is 10.0. The van der Waals surface area contributed by atoms with E-state index in [1.165, 1.54) is 39.9 Å². The highest BCUT2D eigenvalue weighted by molar-refractivity contribution is 7.89. The Morgan fingerprint density at radius 1 is 1.05 bits per heavy atom. The van der Waals surface area contributed by atoms with E-state index in [0.717, 1.165) is 21.4 Å². The van der Waals surface area contributed by atoms with E-state index in [4.69, 9.17) is 16.3 Å². The van der Waals surface area contributed by atoms with Crippen molar-refractivity contribution in [1.29, 1.82) is 0 Å². The zero-order valence-corrected chi connectivity index (χ0v) is 23.8. The third-order valence-electron chi connectivity index (χ3n) is 6.65. The van der Waals surface area contributed by atoms with Crippen LogP contribution in [0.4, 0.5) is 0 Å². The number of carbonyl (C=O) groups excluding carboxylic acids is 2. The molecule has 0 saturated heterocycles. The van der Waals surface area contributed by atoms with Gasteiger partial charge in [-0.3, -0.25) is 9.59 Å². The third kappa shape index (κ3) is 5.42. The van der Waals surface area contributed by atoms with Crippen LogP contribution < -0.4 is 4.80 Å². The summed E-state index contributed by atoms with van der Waals surface area (Å²) < 4.78 is 35.6. The zero-order valence-electron chi connectivity index (χ0n) is 21.4. The Hall–Kier alpha value is -3.31. The lowest BCUT2D eigenvalue weighted by Gasteiger charge is -2.28. The highest BCUT2D eigenvalue weighted by Gasteiger charge is 2.28. The quantitative estimate of drug-likeness (QED) is 0.306. The number of carbonyl (C=O) groups is 2. The maximum absolute atomic E-state index is 13.3. The first-order valence-electron chi connectivity index (χ1n) is 12.4. The van der Waals surface area contributed by atoms with Gasteiger partial charge in [-0.05, 0) is 73.4 Å². The lowest BCUT2D eigenvalue weighted by Crippen LogP contribution is -2.35. The molecule has 1 amide bonds. The molecule has 1 aromatic heterocycles. The van der Waals surface area contributed by atoms with E-state index >= 15 is 0 Å². The van der Waals surface area contributed by atoms with Gasteiger partial charge >= 0.3 is 5.97 Å². The van der Waals surface area contributed by atoms with Gasteiger partial charge in [0.25, 0.3) is 5.91 Å². The van der Waals surface area contributed by atoms with Crippen LogP contribution in [0.3, 0.4) is 0 Å². The van der Waals surface area contributed by atoms with Crippen molar-refractivity contribution in [3.8, 4) is 0 Å². The van der Waals surface area contributed by atoms with Crippen molar-refractivity contribution in [2.45, 2.75) is 38.3 Å². The number of nitrogens with zero attached hydrogens (tertiary/aromatic N) is 3. The van der Waals surface area contributed by atoms with Crippen LogP contribution in [-0.2, 0) is 39.1 Å². The summed E-state index contributed by atoms with van der Waals surface area (Å²) in [5, 5.41) is 0.532. The number of rotatable bonds is 6. The first-order chi connectivity index (χ1) is 18.7. The number of halogens is 1. The van der Waals surface area contributed by atoms with E-state index < -0.39 is 21.9 Å². The fourth-order valence-corrected chi connectivity index (χ4v) is 7.29. The van der Waals surface area contributed by atoms with E-state index in [1.807, 2.05) is 37.3 Å². The van der Waals surface area contributed by atoms with Gasteiger partial charge in [0, 0.05) is 23.7 Å². The molecule has 0 radical (unpaired) electrons. The number of hydrogen-bond acceptors (Lipinski definition) is 6.